The third-order valence-corrected chi connectivity index (χ3v) is 6.14. The summed E-state index contributed by atoms with van der Waals surface area (Å²) in [5.41, 5.74) is -1.64. The lowest BCUT2D eigenvalue weighted by Gasteiger charge is -2.26. The van der Waals surface area contributed by atoms with Gasteiger partial charge in [-0.2, -0.15) is 5.10 Å². The number of carbonyl (C=O) groups excluding carboxylic acids is 1. The van der Waals surface area contributed by atoms with Crippen molar-refractivity contribution in [1.29, 1.82) is 0 Å². The minimum Gasteiger partial charge on any atom is -0.494 e. The van der Waals surface area contributed by atoms with E-state index in [2.05, 4.69) is 10.4 Å². The Hall–Kier alpha value is -3.51. The second-order valence-electron chi connectivity index (χ2n) is 8.92. The van der Waals surface area contributed by atoms with Crippen molar-refractivity contribution in [1.82, 2.24) is 14.3 Å². The van der Waals surface area contributed by atoms with E-state index in [0.717, 1.165) is 22.8 Å². The SMILES string of the molecule is O=C(Nc1ccn(C[C@@H](O)CO)n1)C(CC1(F)CCCC1)n1cc(Oc2c(F)cccc2F)cc1O. The summed E-state index contributed by atoms with van der Waals surface area (Å²) in [6.45, 7) is -0.467. The first kappa shape index (κ1) is 25.6. The van der Waals surface area contributed by atoms with E-state index >= 15 is 4.39 Å². The highest BCUT2D eigenvalue weighted by Gasteiger charge is 2.40. The Morgan fingerprint density at radius 1 is 1.22 bits per heavy atom. The zero-order valence-corrected chi connectivity index (χ0v) is 19.3. The molecule has 0 aliphatic heterocycles. The van der Waals surface area contributed by atoms with Gasteiger partial charge < -0.3 is 29.9 Å². The molecule has 1 aliphatic carbocycles. The Labute approximate surface area is 204 Å². The van der Waals surface area contributed by atoms with Gasteiger partial charge in [0.2, 0.25) is 5.91 Å². The van der Waals surface area contributed by atoms with Crippen LogP contribution in [-0.4, -0.2) is 54.0 Å². The minimum absolute atomic E-state index is 0.00488. The molecule has 12 heteroatoms. The second-order valence-corrected chi connectivity index (χ2v) is 8.92. The molecule has 36 heavy (non-hydrogen) atoms. The molecule has 2 atom stereocenters. The molecular formula is C24H27F3N4O5. The van der Waals surface area contributed by atoms with Gasteiger partial charge in [0, 0.05) is 24.8 Å². The van der Waals surface area contributed by atoms with E-state index in [9.17, 15) is 23.8 Å². The van der Waals surface area contributed by atoms with Gasteiger partial charge in [-0.3, -0.25) is 9.48 Å². The monoisotopic (exact) mass is 508 g/mol. The van der Waals surface area contributed by atoms with Crippen LogP contribution in [0, 0.1) is 11.6 Å². The Balaban J connectivity index is 1.58. The number of rotatable bonds is 10. The predicted molar refractivity (Wildman–Crippen MR) is 122 cm³/mol. The molecule has 4 N–H and O–H groups in total. The Morgan fingerprint density at radius 3 is 2.58 bits per heavy atom. The summed E-state index contributed by atoms with van der Waals surface area (Å²) in [7, 11) is 0. The van der Waals surface area contributed by atoms with Gasteiger partial charge >= 0.3 is 0 Å². The maximum atomic E-state index is 15.4. The van der Waals surface area contributed by atoms with E-state index in [1.165, 1.54) is 29.2 Å². The average Bonchev–Trinajstić information content (AvgIpc) is 3.55. The van der Waals surface area contributed by atoms with Crippen LogP contribution in [0.1, 0.15) is 38.1 Å². The number of nitrogens with one attached hydrogen (secondary N) is 1. The average molecular weight is 508 g/mol. The first-order valence-electron chi connectivity index (χ1n) is 11.5. The van der Waals surface area contributed by atoms with Gasteiger partial charge in [-0.25, -0.2) is 13.2 Å². The van der Waals surface area contributed by atoms with Crippen molar-refractivity contribution in [2.24, 2.45) is 0 Å². The summed E-state index contributed by atoms with van der Waals surface area (Å²) in [5, 5.41) is 35.8. The number of aromatic hydroxyl groups is 1. The lowest BCUT2D eigenvalue weighted by atomic mass is 9.94. The molecule has 0 saturated heterocycles. The van der Waals surface area contributed by atoms with Crippen LogP contribution in [0.4, 0.5) is 19.0 Å². The van der Waals surface area contributed by atoms with Crippen LogP contribution in [0.25, 0.3) is 0 Å². The van der Waals surface area contributed by atoms with Gasteiger partial charge in [-0.05, 0) is 25.0 Å². The number of halogens is 3. The number of anilines is 1. The number of benzene rings is 1. The number of ether oxygens (including phenoxy) is 1. The number of hydrogen-bond donors (Lipinski definition) is 4. The van der Waals surface area contributed by atoms with Crippen LogP contribution in [0.3, 0.4) is 0 Å². The molecule has 1 unspecified atom stereocenters. The van der Waals surface area contributed by atoms with E-state index in [4.69, 9.17) is 9.84 Å². The number of aromatic nitrogens is 3. The maximum Gasteiger partial charge on any atom is 0.248 e. The summed E-state index contributed by atoms with van der Waals surface area (Å²) in [4.78, 5) is 13.2. The molecule has 0 bridgehead atoms. The van der Waals surface area contributed by atoms with E-state index in [1.807, 2.05) is 0 Å². The third kappa shape index (κ3) is 5.82. The van der Waals surface area contributed by atoms with E-state index < -0.39 is 53.6 Å². The zero-order valence-electron chi connectivity index (χ0n) is 19.3. The zero-order chi connectivity index (χ0) is 25.9. The van der Waals surface area contributed by atoms with Crippen molar-refractivity contribution in [3.8, 4) is 17.4 Å². The van der Waals surface area contributed by atoms with Gasteiger partial charge in [-0.15, -0.1) is 0 Å². The van der Waals surface area contributed by atoms with Crippen molar-refractivity contribution in [2.45, 2.75) is 56.5 Å². The minimum atomic E-state index is -1.64. The maximum absolute atomic E-state index is 15.4. The highest BCUT2D eigenvalue weighted by Crippen LogP contribution is 2.42. The molecule has 2 heterocycles. The number of aliphatic hydroxyl groups is 2. The Bertz CT molecular complexity index is 1190. The smallest absolute Gasteiger partial charge is 0.248 e. The summed E-state index contributed by atoms with van der Waals surface area (Å²) >= 11 is 0. The Kier molecular flexibility index (Phi) is 7.55. The molecule has 1 saturated carbocycles. The van der Waals surface area contributed by atoms with Gasteiger partial charge in [0.25, 0.3) is 0 Å². The molecule has 2 aromatic heterocycles. The quantitative estimate of drug-likeness (QED) is 0.332. The first-order valence-corrected chi connectivity index (χ1v) is 11.5. The number of amides is 1. The number of alkyl halides is 1. The van der Waals surface area contributed by atoms with E-state index in [0.29, 0.717) is 12.8 Å². The van der Waals surface area contributed by atoms with Crippen molar-refractivity contribution in [3.05, 3.63) is 54.4 Å². The highest BCUT2D eigenvalue weighted by molar-refractivity contribution is 5.93. The fourth-order valence-corrected chi connectivity index (χ4v) is 4.34. The van der Waals surface area contributed by atoms with Crippen LogP contribution in [0.15, 0.2) is 42.7 Å². The van der Waals surface area contributed by atoms with Crippen LogP contribution in [0.2, 0.25) is 0 Å². The molecule has 0 radical (unpaired) electrons. The van der Waals surface area contributed by atoms with Crippen LogP contribution >= 0.6 is 0 Å². The lowest BCUT2D eigenvalue weighted by Crippen LogP contribution is -2.32. The summed E-state index contributed by atoms with van der Waals surface area (Å²) in [6.07, 6.45) is 3.23. The molecule has 3 aromatic rings. The van der Waals surface area contributed by atoms with E-state index in [-0.39, 0.29) is 37.4 Å². The van der Waals surface area contributed by atoms with Crippen LogP contribution in [-0.2, 0) is 11.3 Å². The van der Waals surface area contributed by atoms with Crippen molar-refractivity contribution >= 4 is 11.7 Å². The van der Waals surface area contributed by atoms with Crippen LogP contribution < -0.4 is 10.1 Å². The number of aliphatic hydroxyl groups excluding tert-OH is 2. The number of hydrogen-bond acceptors (Lipinski definition) is 6. The highest BCUT2D eigenvalue weighted by atomic mass is 19.1. The Morgan fingerprint density at radius 2 is 1.92 bits per heavy atom. The van der Waals surface area contributed by atoms with Crippen LogP contribution in [0.5, 0.6) is 17.4 Å². The largest absolute Gasteiger partial charge is 0.494 e. The van der Waals surface area contributed by atoms with Gasteiger partial charge in [-0.1, -0.05) is 18.9 Å². The van der Waals surface area contributed by atoms with E-state index in [1.54, 1.807) is 0 Å². The summed E-state index contributed by atoms with van der Waals surface area (Å²) < 4.78 is 51.2. The summed E-state index contributed by atoms with van der Waals surface area (Å²) in [5.74, 6) is -3.74. The number of nitrogens with zero attached hydrogens (tertiary/aromatic N) is 3. The third-order valence-electron chi connectivity index (χ3n) is 6.14. The number of para-hydroxylation sites is 1. The lowest BCUT2D eigenvalue weighted by molar-refractivity contribution is -0.120. The van der Waals surface area contributed by atoms with Crippen molar-refractivity contribution in [3.63, 3.8) is 0 Å². The molecule has 194 valence electrons. The molecule has 4 rings (SSSR count). The topological polar surface area (TPSA) is 122 Å². The molecule has 1 aliphatic rings. The number of carbonyl (C=O) groups is 1. The molecular weight excluding hydrogens is 481 g/mol. The fourth-order valence-electron chi connectivity index (χ4n) is 4.34. The molecule has 1 amide bonds. The fraction of sp³-hybridized carbons (Fsp3) is 0.417. The first-order chi connectivity index (χ1) is 17.2. The normalized spacial score (nSPS) is 16.6. The molecule has 1 fully saturated rings. The van der Waals surface area contributed by atoms with Gasteiger partial charge in [0.15, 0.2) is 29.1 Å². The van der Waals surface area contributed by atoms with Crippen molar-refractivity contribution in [2.75, 3.05) is 11.9 Å². The summed E-state index contributed by atoms with van der Waals surface area (Å²) in [6, 6.07) is 4.51. The van der Waals surface area contributed by atoms with Crippen molar-refractivity contribution < 1.29 is 38.0 Å². The van der Waals surface area contributed by atoms with Gasteiger partial charge in [0.1, 0.15) is 17.5 Å². The molecule has 1 aromatic carbocycles. The molecule has 0 spiro atoms. The second kappa shape index (κ2) is 10.6. The predicted octanol–water partition coefficient (Wildman–Crippen LogP) is 3.67. The molecule has 9 nitrogen and oxygen atoms in total. The van der Waals surface area contributed by atoms with Gasteiger partial charge in [0.05, 0.1) is 25.5 Å². The standard InChI is InChI=1S/C24H27F3N4O5/c25-17-4-3-5-18(26)22(17)36-16-10-21(34)31(13-16)19(11-24(27)7-1-2-8-24)23(35)28-20-6-9-30(29-20)12-15(33)14-32/h3-6,9-10,13,15,19,32-34H,1-2,7-8,11-12,14H2,(H,28,29,35)/t15-,19?/m1/s1.